The normalized spacial score (nSPS) is 10.1. The second-order valence-electron chi connectivity index (χ2n) is 3.83. The summed E-state index contributed by atoms with van der Waals surface area (Å²) >= 11 is 0. The number of pyridine rings is 1. The summed E-state index contributed by atoms with van der Waals surface area (Å²) in [5.74, 6) is 0.885. The Kier molecular flexibility index (Phi) is 6.76. The number of methoxy groups -OCH3 is 1. The van der Waals surface area contributed by atoms with Gasteiger partial charge in [-0.2, -0.15) is 0 Å². The van der Waals surface area contributed by atoms with Crippen LogP contribution in [0.4, 0.5) is 4.39 Å². The number of rotatable bonds is 9. The van der Waals surface area contributed by atoms with Crippen molar-refractivity contribution < 1.29 is 18.7 Å². The average Bonchev–Trinajstić information content (AvgIpc) is 2.42. The van der Waals surface area contributed by atoms with Gasteiger partial charge in [0.1, 0.15) is 5.75 Å². The highest BCUT2D eigenvalue weighted by Gasteiger charge is 2.05. The van der Waals surface area contributed by atoms with Crippen LogP contribution in [0.15, 0.2) is 12.3 Å². The lowest BCUT2D eigenvalue weighted by molar-refractivity contribution is 0.112. The van der Waals surface area contributed by atoms with Crippen molar-refractivity contribution in [2.45, 2.75) is 25.7 Å². The summed E-state index contributed by atoms with van der Waals surface area (Å²) < 4.78 is 22.3. The number of hydrogen-bond acceptors (Lipinski definition) is 4. The van der Waals surface area contributed by atoms with Crippen LogP contribution >= 0.6 is 0 Å². The summed E-state index contributed by atoms with van der Waals surface area (Å²) in [5.41, 5.74) is 0.396. The Hall–Kier alpha value is -1.65. The topological polar surface area (TPSA) is 48.4 Å². The third-order valence-corrected chi connectivity index (χ3v) is 2.49. The van der Waals surface area contributed by atoms with Crippen molar-refractivity contribution in [3.05, 3.63) is 17.8 Å². The Morgan fingerprint density at radius 2 is 2.11 bits per heavy atom. The first-order chi connectivity index (χ1) is 8.81. The van der Waals surface area contributed by atoms with Crippen LogP contribution < -0.4 is 9.47 Å². The number of aldehydes is 1. The molecule has 0 radical (unpaired) electrons. The third kappa shape index (κ3) is 4.69. The predicted molar refractivity (Wildman–Crippen MR) is 66.1 cm³/mol. The molecular formula is C13H18FNO3. The molecule has 0 fully saturated rings. The van der Waals surface area contributed by atoms with E-state index in [1.807, 2.05) is 0 Å². The standard InChI is InChI=1S/C13H18FNO3/c1-17-12-8-13(15-9-11(12)10-16)18-7-5-3-2-4-6-14/h8-10H,2-7H2,1H3. The van der Waals surface area contributed by atoms with Crippen molar-refractivity contribution in [2.75, 3.05) is 20.4 Å². The molecular weight excluding hydrogens is 237 g/mol. The van der Waals surface area contributed by atoms with Gasteiger partial charge in [0.25, 0.3) is 0 Å². The maximum absolute atomic E-state index is 11.8. The molecule has 0 amide bonds. The van der Waals surface area contributed by atoms with E-state index < -0.39 is 0 Å². The van der Waals surface area contributed by atoms with Crippen LogP contribution in [0.1, 0.15) is 36.0 Å². The van der Waals surface area contributed by atoms with E-state index in [2.05, 4.69) is 4.98 Å². The van der Waals surface area contributed by atoms with E-state index in [1.54, 1.807) is 6.07 Å². The van der Waals surface area contributed by atoms with E-state index in [4.69, 9.17) is 9.47 Å². The fourth-order valence-corrected chi connectivity index (χ4v) is 1.50. The Bertz CT molecular complexity index is 371. The molecule has 0 aromatic carbocycles. The van der Waals surface area contributed by atoms with Gasteiger partial charge < -0.3 is 9.47 Å². The molecule has 0 aliphatic heterocycles. The van der Waals surface area contributed by atoms with Crippen molar-refractivity contribution in [2.24, 2.45) is 0 Å². The molecule has 0 saturated heterocycles. The van der Waals surface area contributed by atoms with Crippen LogP contribution in [-0.2, 0) is 0 Å². The minimum absolute atomic E-state index is 0.257. The molecule has 100 valence electrons. The number of aromatic nitrogens is 1. The molecule has 0 aliphatic carbocycles. The summed E-state index contributed by atoms with van der Waals surface area (Å²) in [6.07, 6.45) is 5.39. The summed E-state index contributed by atoms with van der Waals surface area (Å²) in [6, 6.07) is 1.59. The second-order valence-corrected chi connectivity index (χ2v) is 3.83. The van der Waals surface area contributed by atoms with Crippen molar-refractivity contribution in [3.63, 3.8) is 0 Å². The number of halogens is 1. The van der Waals surface area contributed by atoms with Gasteiger partial charge in [-0.3, -0.25) is 9.18 Å². The molecule has 4 nitrogen and oxygen atoms in total. The molecule has 1 aromatic heterocycles. The number of unbranched alkanes of at least 4 members (excludes halogenated alkanes) is 3. The molecule has 1 rings (SSSR count). The van der Waals surface area contributed by atoms with Crippen LogP contribution in [0.5, 0.6) is 11.6 Å². The van der Waals surface area contributed by atoms with Crippen LogP contribution in [-0.4, -0.2) is 31.7 Å². The zero-order valence-corrected chi connectivity index (χ0v) is 10.5. The van der Waals surface area contributed by atoms with Gasteiger partial charge in [0.05, 0.1) is 26.0 Å². The first-order valence-electron chi connectivity index (χ1n) is 5.99. The molecule has 0 atom stereocenters. The lowest BCUT2D eigenvalue weighted by atomic mass is 10.2. The molecule has 0 unspecified atom stereocenters. The summed E-state index contributed by atoms with van der Waals surface area (Å²) in [5, 5.41) is 0. The zero-order valence-electron chi connectivity index (χ0n) is 10.5. The van der Waals surface area contributed by atoms with Gasteiger partial charge in [0, 0.05) is 12.3 Å². The first kappa shape index (κ1) is 14.4. The van der Waals surface area contributed by atoms with E-state index in [1.165, 1.54) is 13.3 Å². The second kappa shape index (κ2) is 8.44. The smallest absolute Gasteiger partial charge is 0.216 e. The number of ether oxygens (including phenoxy) is 2. The van der Waals surface area contributed by atoms with Gasteiger partial charge in [-0.25, -0.2) is 4.98 Å². The van der Waals surface area contributed by atoms with Crippen molar-refractivity contribution in [1.29, 1.82) is 0 Å². The Balaban J connectivity index is 2.36. The Labute approximate surface area is 106 Å². The van der Waals surface area contributed by atoms with Crippen molar-refractivity contribution in [3.8, 4) is 11.6 Å². The highest BCUT2D eigenvalue weighted by atomic mass is 19.1. The number of alkyl halides is 1. The molecule has 5 heteroatoms. The number of hydrogen-bond donors (Lipinski definition) is 0. The van der Waals surface area contributed by atoms with Crippen LogP contribution in [0.2, 0.25) is 0 Å². The van der Waals surface area contributed by atoms with Gasteiger partial charge in [0.15, 0.2) is 6.29 Å². The van der Waals surface area contributed by atoms with Crippen LogP contribution in [0.3, 0.4) is 0 Å². The summed E-state index contributed by atoms with van der Waals surface area (Å²) in [4.78, 5) is 14.7. The SMILES string of the molecule is COc1cc(OCCCCCCF)ncc1C=O. The first-order valence-corrected chi connectivity index (χ1v) is 5.99. The fraction of sp³-hybridized carbons (Fsp3) is 0.538. The number of nitrogens with zero attached hydrogens (tertiary/aromatic N) is 1. The highest BCUT2D eigenvalue weighted by molar-refractivity contribution is 5.78. The predicted octanol–water partition coefficient (Wildman–Crippen LogP) is 2.81. The Morgan fingerprint density at radius 1 is 1.33 bits per heavy atom. The van der Waals surface area contributed by atoms with Crippen LogP contribution in [0, 0.1) is 0 Å². The van der Waals surface area contributed by atoms with Gasteiger partial charge in [-0.05, 0) is 19.3 Å². The molecule has 0 aliphatic rings. The number of carbonyl (C=O) groups excluding carboxylic acids is 1. The van der Waals surface area contributed by atoms with Crippen molar-refractivity contribution in [1.82, 2.24) is 4.98 Å². The van der Waals surface area contributed by atoms with Gasteiger partial charge in [-0.1, -0.05) is 6.42 Å². The molecule has 0 N–H and O–H groups in total. The lowest BCUT2D eigenvalue weighted by Gasteiger charge is -2.07. The molecule has 0 saturated carbocycles. The third-order valence-electron chi connectivity index (χ3n) is 2.49. The Morgan fingerprint density at radius 3 is 2.78 bits per heavy atom. The molecule has 0 spiro atoms. The van der Waals surface area contributed by atoms with E-state index in [-0.39, 0.29) is 6.67 Å². The largest absolute Gasteiger partial charge is 0.496 e. The van der Waals surface area contributed by atoms with Gasteiger partial charge in [-0.15, -0.1) is 0 Å². The molecule has 18 heavy (non-hydrogen) atoms. The van der Waals surface area contributed by atoms with Gasteiger partial charge in [0.2, 0.25) is 5.88 Å². The summed E-state index contributed by atoms with van der Waals surface area (Å²) in [6.45, 7) is 0.273. The van der Waals surface area contributed by atoms with E-state index >= 15 is 0 Å². The molecule has 1 heterocycles. The highest BCUT2D eigenvalue weighted by Crippen LogP contribution is 2.20. The maximum Gasteiger partial charge on any atom is 0.216 e. The minimum Gasteiger partial charge on any atom is -0.496 e. The zero-order chi connectivity index (χ0) is 13.2. The van der Waals surface area contributed by atoms with E-state index in [0.29, 0.717) is 36.5 Å². The molecule has 1 aromatic rings. The average molecular weight is 255 g/mol. The van der Waals surface area contributed by atoms with E-state index in [0.717, 1.165) is 19.3 Å². The van der Waals surface area contributed by atoms with Crippen LogP contribution in [0.25, 0.3) is 0 Å². The minimum atomic E-state index is -0.257. The quantitative estimate of drug-likeness (QED) is 0.503. The maximum atomic E-state index is 11.8. The monoisotopic (exact) mass is 255 g/mol. The number of carbonyl (C=O) groups is 1. The molecule has 0 bridgehead atoms. The van der Waals surface area contributed by atoms with Gasteiger partial charge >= 0.3 is 0 Å². The van der Waals surface area contributed by atoms with E-state index in [9.17, 15) is 9.18 Å². The fourth-order valence-electron chi connectivity index (χ4n) is 1.50. The summed E-state index contributed by atoms with van der Waals surface area (Å²) in [7, 11) is 1.49. The lowest BCUT2D eigenvalue weighted by Crippen LogP contribution is -2.01. The van der Waals surface area contributed by atoms with Crippen molar-refractivity contribution >= 4 is 6.29 Å².